The van der Waals surface area contributed by atoms with E-state index in [4.69, 9.17) is 0 Å². The maximum absolute atomic E-state index is 12.0. The van der Waals surface area contributed by atoms with E-state index in [9.17, 15) is 9.59 Å². The zero-order chi connectivity index (χ0) is 15.1. The van der Waals surface area contributed by atoms with E-state index >= 15 is 0 Å². The zero-order valence-corrected chi connectivity index (χ0v) is 13.2. The van der Waals surface area contributed by atoms with Crippen LogP contribution in [-0.4, -0.2) is 42.0 Å². The molecule has 1 saturated carbocycles. The van der Waals surface area contributed by atoms with E-state index in [1.165, 1.54) is 32.1 Å². The summed E-state index contributed by atoms with van der Waals surface area (Å²) >= 11 is 0. The Morgan fingerprint density at radius 2 is 1.86 bits per heavy atom. The number of amides is 3. The summed E-state index contributed by atoms with van der Waals surface area (Å²) in [5.74, 6) is 0.212. The quantitative estimate of drug-likeness (QED) is 0.836. The van der Waals surface area contributed by atoms with Crippen molar-refractivity contribution in [1.29, 1.82) is 0 Å². The second kappa shape index (κ2) is 8.25. The lowest BCUT2D eigenvalue weighted by atomic mass is 9.97. The number of nitrogens with one attached hydrogen (secondary N) is 2. The topological polar surface area (TPSA) is 61.4 Å². The summed E-state index contributed by atoms with van der Waals surface area (Å²) in [4.78, 5) is 25.5. The Kier molecular flexibility index (Phi) is 6.33. The lowest BCUT2D eigenvalue weighted by Crippen LogP contribution is -2.49. The van der Waals surface area contributed by atoms with Crippen LogP contribution in [0.5, 0.6) is 0 Å². The van der Waals surface area contributed by atoms with Crippen LogP contribution in [0.3, 0.4) is 0 Å². The third-order valence-electron chi connectivity index (χ3n) is 4.48. The molecule has 0 bridgehead atoms. The lowest BCUT2D eigenvalue weighted by Gasteiger charge is -2.25. The molecule has 0 aromatic carbocycles. The average molecular weight is 295 g/mol. The van der Waals surface area contributed by atoms with Crippen molar-refractivity contribution in [2.75, 3.05) is 13.1 Å². The van der Waals surface area contributed by atoms with Crippen molar-refractivity contribution >= 4 is 11.9 Å². The number of hydrogen-bond donors (Lipinski definition) is 2. The fourth-order valence-corrected chi connectivity index (χ4v) is 3.32. The molecule has 21 heavy (non-hydrogen) atoms. The van der Waals surface area contributed by atoms with Crippen LogP contribution < -0.4 is 10.6 Å². The first-order chi connectivity index (χ1) is 10.1. The van der Waals surface area contributed by atoms with E-state index in [2.05, 4.69) is 10.6 Å². The Bertz CT molecular complexity index is 351. The summed E-state index contributed by atoms with van der Waals surface area (Å²) in [6.07, 6.45) is 10.1. The Morgan fingerprint density at radius 3 is 2.48 bits per heavy atom. The van der Waals surface area contributed by atoms with Crippen LogP contribution >= 0.6 is 0 Å². The van der Waals surface area contributed by atoms with E-state index in [1.807, 2.05) is 11.8 Å². The molecule has 1 aliphatic carbocycles. The molecule has 120 valence electrons. The molecule has 5 nitrogen and oxygen atoms in total. The number of carbonyl (C=O) groups is 2. The molecule has 2 aliphatic rings. The van der Waals surface area contributed by atoms with Crippen LogP contribution in [-0.2, 0) is 4.79 Å². The van der Waals surface area contributed by atoms with Crippen LogP contribution in [0, 0.1) is 0 Å². The monoisotopic (exact) mass is 295 g/mol. The van der Waals surface area contributed by atoms with Crippen LogP contribution in [0.1, 0.15) is 64.7 Å². The van der Waals surface area contributed by atoms with Gasteiger partial charge in [-0.05, 0) is 26.2 Å². The highest BCUT2D eigenvalue weighted by atomic mass is 16.2. The first kappa shape index (κ1) is 16.1. The van der Waals surface area contributed by atoms with Gasteiger partial charge in [-0.3, -0.25) is 4.79 Å². The van der Waals surface area contributed by atoms with Crippen LogP contribution in [0.4, 0.5) is 4.79 Å². The standard InChI is InChI=1S/C16H29N3O2/c1-13(12-19-11-7-10-15(19)20)17-16(21)18-14-8-5-3-2-4-6-9-14/h13-14H,2-12H2,1H3,(H2,17,18,21)/t13-/m1/s1. The van der Waals surface area contributed by atoms with Crippen molar-refractivity contribution in [1.82, 2.24) is 15.5 Å². The molecule has 5 heteroatoms. The van der Waals surface area contributed by atoms with E-state index < -0.39 is 0 Å². The second-order valence-electron chi connectivity index (χ2n) is 6.50. The van der Waals surface area contributed by atoms with E-state index in [0.29, 0.717) is 19.0 Å². The number of urea groups is 1. The molecule has 0 aromatic heterocycles. The van der Waals surface area contributed by atoms with Gasteiger partial charge < -0.3 is 15.5 Å². The highest BCUT2D eigenvalue weighted by molar-refractivity contribution is 5.78. The van der Waals surface area contributed by atoms with Gasteiger partial charge in [-0.25, -0.2) is 4.79 Å². The van der Waals surface area contributed by atoms with E-state index in [0.717, 1.165) is 25.8 Å². The molecule has 2 rings (SSSR count). The van der Waals surface area contributed by atoms with Gasteiger partial charge in [0.2, 0.25) is 5.91 Å². The second-order valence-corrected chi connectivity index (χ2v) is 6.50. The Labute approximate surface area is 127 Å². The molecular weight excluding hydrogens is 266 g/mol. The Balaban J connectivity index is 1.68. The molecule has 0 radical (unpaired) electrons. The van der Waals surface area contributed by atoms with Crippen molar-refractivity contribution in [3.05, 3.63) is 0 Å². The first-order valence-electron chi connectivity index (χ1n) is 8.50. The minimum absolute atomic E-state index is 0.000561. The van der Waals surface area contributed by atoms with Gasteiger partial charge in [-0.15, -0.1) is 0 Å². The fourth-order valence-electron chi connectivity index (χ4n) is 3.32. The van der Waals surface area contributed by atoms with Gasteiger partial charge in [0.1, 0.15) is 0 Å². The molecule has 0 unspecified atom stereocenters. The van der Waals surface area contributed by atoms with Crippen molar-refractivity contribution in [3.8, 4) is 0 Å². The molecule has 1 saturated heterocycles. The summed E-state index contributed by atoms with van der Waals surface area (Å²) in [5, 5.41) is 6.07. The molecule has 1 atom stereocenters. The van der Waals surface area contributed by atoms with Gasteiger partial charge in [0, 0.05) is 31.6 Å². The van der Waals surface area contributed by atoms with Gasteiger partial charge in [0.05, 0.1) is 0 Å². The third kappa shape index (κ3) is 5.56. The van der Waals surface area contributed by atoms with Gasteiger partial charge in [0.15, 0.2) is 0 Å². The fraction of sp³-hybridized carbons (Fsp3) is 0.875. The number of likely N-dealkylation sites (tertiary alicyclic amines) is 1. The van der Waals surface area contributed by atoms with Crippen molar-refractivity contribution in [2.45, 2.75) is 76.8 Å². The summed E-state index contributed by atoms with van der Waals surface area (Å²) in [6, 6.07) is 0.228. The maximum atomic E-state index is 12.0. The number of hydrogen-bond acceptors (Lipinski definition) is 2. The SMILES string of the molecule is C[C@H](CN1CCCC1=O)NC(=O)NC1CCCCCCC1. The summed E-state index contributed by atoms with van der Waals surface area (Å²) in [7, 11) is 0. The molecule has 3 amide bonds. The first-order valence-corrected chi connectivity index (χ1v) is 8.50. The highest BCUT2D eigenvalue weighted by Crippen LogP contribution is 2.17. The lowest BCUT2D eigenvalue weighted by molar-refractivity contribution is -0.127. The van der Waals surface area contributed by atoms with Crippen molar-refractivity contribution in [3.63, 3.8) is 0 Å². The van der Waals surface area contributed by atoms with Crippen LogP contribution in [0.15, 0.2) is 0 Å². The molecular formula is C16H29N3O2. The maximum Gasteiger partial charge on any atom is 0.315 e. The molecule has 1 heterocycles. The van der Waals surface area contributed by atoms with Crippen molar-refractivity contribution < 1.29 is 9.59 Å². The normalized spacial score (nSPS) is 22.5. The highest BCUT2D eigenvalue weighted by Gasteiger charge is 2.22. The van der Waals surface area contributed by atoms with Gasteiger partial charge >= 0.3 is 6.03 Å². The predicted octanol–water partition coefficient (Wildman–Crippen LogP) is 2.41. The van der Waals surface area contributed by atoms with Crippen molar-refractivity contribution in [2.24, 2.45) is 0 Å². The molecule has 2 fully saturated rings. The minimum Gasteiger partial charge on any atom is -0.341 e. The third-order valence-corrected chi connectivity index (χ3v) is 4.48. The summed E-state index contributed by atoms with van der Waals surface area (Å²) in [5.41, 5.74) is 0. The largest absolute Gasteiger partial charge is 0.341 e. The van der Waals surface area contributed by atoms with Gasteiger partial charge in [-0.2, -0.15) is 0 Å². The summed E-state index contributed by atoms with van der Waals surface area (Å²) in [6.45, 7) is 3.41. The molecule has 1 aliphatic heterocycles. The Morgan fingerprint density at radius 1 is 1.19 bits per heavy atom. The summed E-state index contributed by atoms with van der Waals surface area (Å²) < 4.78 is 0. The van der Waals surface area contributed by atoms with Gasteiger partial charge in [-0.1, -0.05) is 32.1 Å². The minimum atomic E-state index is -0.0836. The van der Waals surface area contributed by atoms with Crippen LogP contribution in [0.2, 0.25) is 0 Å². The number of carbonyl (C=O) groups excluding carboxylic acids is 2. The van der Waals surface area contributed by atoms with E-state index in [-0.39, 0.29) is 18.0 Å². The number of nitrogens with zero attached hydrogens (tertiary/aromatic N) is 1. The smallest absolute Gasteiger partial charge is 0.315 e. The molecule has 0 spiro atoms. The van der Waals surface area contributed by atoms with E-state index in [1.54, 1.807) is 0 Å². The molecule has 0 aromatic rings. The zero-order valence-electron chi connectivity index (χ0n) is 13.2. The number of rotatable bonds is 4. The average Bonchev–Trinajstić information content (AvgIpc) is 2.78. The predicted molar refractivity (Wildman–Crippen MR) is 83.1 cm³/mol. The Hall–Kier alpha value is -1.26. The van der Waals surface area contributed by atoms with Crippen LogP contribution in [0.25, 0.3) is 0 Å². The molecule has 2 N–H and O–H groups in total. The van der Waals surface area contributed by atoms with Gasteiger partial charge in [0.25, 0.3) is 0 Å².